The van der Waals surface area contributed by atoms with Crippen LogP contribution in [0, 0.1) is 5.92 Å². The van der Waals surface area contributed by atoms with E-state index in [0.29, 0.717) is 19.1 Å². The molecule has 0 bridgehead atoms. The van der Waals surface area contributed by atoms with Gasteiger partial charge in [0.2, 0.25) is 5.91 Å². The van der Waals surface area contributed by atoms with Gasteiger partial charge in [-0.3, -0.25) is 14.5 Å². The monoisotopic (exact) mass is 290 g/mol. The van der Waals surface area contributed by atoms with Gasteiger partial charge >= 0.3 is 0 Å². The predicted octanol–water partition coefficient (Wildman–Crippen LogP) is 2.28. The highest BCUT2D eigenvalue weighted by Gasteiger charge is 2.37. The number of likely N-dealkylation sites (tertiary alicyclic amines) is 1. The Morgan fingerprint density at radius 3 is 2.76 bits per heavy atom. The van der Waals surface area contributed by atoms with Gasteiger partial charge in [0, 0.05) is 18.3 Å². The van der Waals surface area contributed by atoms with Crippen LogP contribution in [0.1, 0.15) is 27.2 Å². The van der Waals surface area contributed by atoms with E-state index in [2.05, 4.69) is 19.2 Å². The van der Waals surface area contributed by atoms with Crippen molar-refractivity contribution in [1.29, 1.82) is 0 Å². The molecule has 1 fully saturated rings. The maximum absolute atomic E-state index is 12.1. The zero-order valence-corrected chi connectivity index (χ0v) is 12.8. The Hall–Kier alpha value is -2.04. The number of hydrogen-bond donors (Lipinski definition) is 1. The van der Waals surface area contributed by atoms with Crippen LogP contribution < -0.4 is 10.1 Å². The fourth-order valence-corrected chi connectivity index (χ4v) is 2.27. The van der Waals surface area contributed by atoms with Crippen LogP contribution in [0.15, 0.2) is 24.3 Å². The number of anilines is 1. The fraction of sp³-hybridized carbons (Fsp3) is 0.500. The van der Waals surface area contributed by atoms with Crippen molar-refractivity contribution in [2.24, 2.45) is 5.92 Å². The molecule has 1 saturated heterocycles. The van der Waals surface area contributed by atoms with Crippen LogP contribution in [0.4, 0.5) is 5.69 Å². The number of nitrogens with one attached hydrogen (secondary N) is 1. The first kappa shape index (κ1) is 15.4. The fourth-order valence-electron chi connectivity index (χ4n) is 2.27. The van der Waals surface area contributed by atoms with Gasteiger partial charge in [-0.05, 0) is 25.0 Å². The third-order valence-electron chi connectivity index (χ3n) is 3.32. The van der Waals surface area contributed by atoms with Crippen molar-refractivity contribution >= 4 is 17.5 Å². The van der Waals surface area contributed by atoms with Gasteiger partial charge in [0.25, 0.3) is 5.91 Å². The van der Waals surface area contributed by atoms with Crippen molar-refractivity contribution in [2.75, 3.05) is 18.5 Å². The largest absolute Gasteiger partial charge is 0.493 e. The lowest BCUT2D eigenvalue weighted by molar-refractivity contribution is -0.138. The topological polar surface area (TPSA) is 58.6 Å². The highest BCUT2D eigenvalue weighted by atomic mass is 16.5. The molecule has 0 radical (unpaired) electrons. The lowest BCUT2D eigenvalue weighted by atomic mass is 10.2. The molecule has 0 aromatic heterocycles. The van der Waals surface area contributed by atoms with E-state index in [4.69, 9.17) is 4.74 Å². The van der Waals surface area contributed by atoms with E-state index in [1.165, 1.54) is 4.90 Å². The molecule has 0 saturated carbocycles. The summed E-state index contributed by atoms with van der Waals surface area (Å²) in [5.41, 5.74) is 0.792. The molecule has 1 N–H and O–H groups in total. The molecule has 2 amide bonds. The molecule has 5 heteroatoms. The number of rotatable bonds is 6. The molecule has 1 atom stereocenters. The van der Waals surface area contributed by atoms with Crippen LogP contribution in [0.3, 0.4) is 0 Å². The molecule has 114 valence electrons. The zero-order valence-electron chi connectivity index (χ0n) is 12.8. The maximum Gasteiger partial charge on any atom is 0.252 e. The second kappa shape index (κ2) is 6.61. The summed E-state index contributed by atoms with van der Waals surface area (Å²) in [6.45, 7) is 7.05. The molecule has 1 aromatic rings. The minimum atomic E-state index is -0.474. The Labute approximate surface area is 125 Å². The molecule has 21 heavy (non-hydrogen) atoms. The van der Waals surface area contributed by atoms with Gasteiger partial charge in [-0.1, -0.05) is 19.9 Å². The summed E-state index contributed by atoms with van der Waals surface area (Å²) in [4.78, 5) is 25.1. The Morgan fingerprint density at radius 1 is 1.38 bits per heavy atom. The molecule has 1 heterocycles. The van der Waals surface area contributed by atoms with Crippen LogP contribution in [-0.2, 0) is 9.59 Å². The van der Waals surface area contributed by atoms with Crippen LogP contribution in [0.5, 0.6) is 5.75 Å². The first-order valence-corrected chi connectivity index (χ1v) is 7.35. The van der Waals surface area contributed by atoms with Gasteiger partial charge in [-0.25, -0.2) is 0 Å². The van der Waals surface area contributed by atoms with Gasteiger partial charge < -0.3 is 10.1 Å². The standard InChI is InChI=1S/C16H22N2O3/c1-4-18-15(19)9-14(16(18)20)17-12-6-5-7-13(8-12)21-10-11(2)3/h5-8,11,14,17H,4,9-10H2,1-3H3. The van der Waals surface area contributed by atoms with E-state index in [9.17, 15) is 9.59 Å². The average molecular weight is 290 g/mol. The number of likely N-dealkylation sites (N-methyl/N-ethyl adjacent to an activating group) is 1. The normalized spacial score (nSPS) is 18.5. The Morgan fingerprint density at radius 2 is 2.14 bits per heavy atom. The molecule has 0 spiro atoms. The summed E-state index contributed by atoms with van der Waals surface area (Å²) in [6, 6.07) is 7.01. The molecule has 2 rings (SSSR count). The third kappa shape index (κ3) is 3.74. The van der Waals surface area contributed by atoms with Crippen molar-refractivity contribution in [3.05, 3.63) is 24.3 Å². The molecular weight excluding hydrogens is 268 g/mol. The summed E-state index contributed by atoms with van der Waals surface area (Å²) in [5.74, 6) is 0.940. The van der Waals surface area contributed by atoms with E-state index >= 15 is 0 Å². The summed E-state index contributed by atoms with van der Waals surface area (Å²) in [7, 11) is 0. The molecule has 1 aromatic carbocycles. The second-order valence-corrected chi connectivity index (χ2v) is 5.61. The maximum atomic E-state index is 12.1. The van der Waals surface area contributed by atoms with Crippen LogP contribution in [0.2, 0.25) is 0 Å². The highest BCUT2D eigenvalue weighted by Crippen LogP contribution is 2.22. The number of ether oxygens (including phenoxy) is 1. The van der Waals surface area contributed by atoms with Crippen molar-refractivity contribution in [2.45, 2.75) is 33.2 Å². The molecular formula is C16H22N2O3. The molecule has 0 aliphatic carbocycles. The van der Waals surface area contributed by atoms with E-state index < -0.39 is 6.04 Å². The van der Waals surface area contributed by atoms with Crippen LogP contribution >= 0.6 is 0 Å². The second-order valence-electron chi connectivity index (χ2n) is 5.61. The number of nitrogens with zero attached hydrogens (tertiary/aromatic N) is 1. The van der Waals surface area contributed by atoms with E-state index in [0.717, 1.165) is 11.4 Å². The van der Waals surface area contributed by atoms with Gasteiger partial charge in [0.05, 0.1) is 13.0 Å². The summed E-state index contributed by atoms with van der Waals surface area (Å²) >= 11 is 0. The van der Waals surface area contributed by atoms with E-state index in [-0.39, 0.29) is 18.2 Å². The van der Waals surface area contributed by atoms with Gasteiger partial charge in [-0.15, -0.1) is 0 Å². The number of amides is 2. The lowest BCUT2D eigenvalue weighted by Crippen LogP contribution is -2.34. The van der Waals surface area contributed by atoms with Crippen molar-refractivity contribution in [3.63, 3.8) is 0 Å². The molecule has 5 nitrogen and oxygen atoms in total. The predicted molar refractivity (Wildman–Crippen MR) is 81.2 cm³/mol. The van der Waals surface area contributed by atoms with Gasteiger partial charge in [0.15, 0.2) is 0 Å². The van der Waals surface area contributed by atoms with E-state index in [1.807, 2.05) is 24.3 Å². The SMILES string of the molecule is CCN1C(=O)CC(Nc2cccc(OCC(C)C)c2)C1=O. The first-order valence-electron chi connectivity index (χ1n) is 7.35. The summed E-state index contributed by atoms with van der Waals surface area (Å²) in [6.07, 6.45) is 0.212. The number of carbonyl (C=O) groups is 2. The Kier molecular flexibility index (Phi) is 4.83. The number of carbonyl (C=O) groups excluding carboxylic acids is 2. The Bertz CT molecular complexity index is 528. The third-order valence-corrected chi connectivity index (χ3v) is 3.32. The lowest BCUT2D eigenvalue weighted by Gasteiger charge is -2.15. The van der Waals surface area contributed by atoms with Crippen molar-refractivity contribution in [1.82, 2.24) is 4.90 Å². The molecule has 1 aliphatic heterocycles. The number of benzene rings is 1. The quantitative estimate of drug-likeness (QED) is 0.817. The van der Waals surface area contributed by atoms with Crippen molar-refractivity contribution < 1.29 is 14.3 Å². The van der Waals surface area contributed by atoms with E-state index in [1.54, 1.807) is 6.92 Å². The zero-order chi connectivity index (χ0) is 15.4. The number of hydrogen-bond acceptors (Lipinski definition) is 4. The highest BCUT2D eigenvalue weighted by molar-refractivity contribution is 6.06. The molecule has 1 aliphatic rings. The minimum absolute atomic E-state index is 0.118. The average Bonchev–Trinajstić information content (AvgIpc) is 2.71. The number of imide groups is 1. The molecule has 1 unspecified atom stereocenters. The first-order chi connectivity index (χ1) is 10.0. The van der Waals surface area contributed by atoms with Crippen LogP contribution in [0.25, 0.3) is 0 Å². The van der Waals surface area contributed by atoms with Gasteiger partial charge in [0.1, 0.15) is 11.8 Å². The van der Waals surface area contributed by atoms with Crippen LogP contribution in [-0.4, -0.2) is 35.9 Å². The minimum Gasteiger partial charge on any atom is -0.493 e. The smallest absolute Gasteiger partial charge is 0.252 e. The van der Waals surface area contributed by atoms with Gasteiger partial charge in [-0.2, -0.15) is 0 Å². The summed E-state index contributed by atoms with van der Waals surface area (Å²) in [5, 5.41) is 3.12. The Balaban J connectivity index is 2.02. The van der Waals surface area contributed by atoms with Crippen molar-refractivity contribution in [3.8, 4) is 5.75 Å². The summed E-state index contributed by atoms with van der Waals surface area (Å²) < 4.78 is 5.66.